The number of piperazine rings is 1. The molecule has 0 unspecified atom stereocenters. The molecule has 1 aromatic carbocycles. The summed E-state index contributed by atoms with van der Waals surface area (Å²) >= 11 is 1.58. The Labute approximate surface area is 166 Å². The topological polar surface area (TPSA) is 48.5 Å². The van der Waals surface area contributed by atoms with E-state index in [9.17, 15) is 4.79 Å². The van der Waals surface area contributed by atoms with E-state index in [1.54, 1.807) is 11.3 Å². The molecule has 0 aliphatic carbocycles. The maximum Gasteiger partial charge on any atom is 0.270 e. The Hall–Kier alpha value is -1.92. The average molecular weight is 387 g/mol. The molecule has 0 atom stereocenters. The largest absolute Gasteiger partial charge is 0.369 e. The second-order valence-electron chi connectivity index (χ2n) is 7.71. The van der Waals surface area contributed by atoms with Crippen LogP contribution >= 0.6 is 11.3 Å². The van der Waals surface area contributed by atoms with Gasteiger partial charge in [-0.05, 0) is 37.0 Å². The van der Waals surface area contributed by atoms with Gasteiger partial charge in [-0.15, -0.1) is 11.3 Å². The summed E-state index contributed by atoms with van der Waals surface area (Å²) in [5, 5.41) is 5.82. The number of nitrogens with one attached hydrogen (secondary N) is 1. The van der Waals surface area contributed by atoms with Crippen LogP contribution in [0.1, 0.15) is 40.5 Å². The van der Waals surface area contributed by atoms with E-state index in [2.05, 4.69) is 66.0 Å². The van der Waals surface area contributed by atoms with Crippen molar-refractivity contribution in [2.24, 2.45) is 5.92 Å². The molecule has 2 aromatic rings. The van der Waals surface area contributed by atoms with E-state index < -0.39 is 0 Å². The van der Waals surface area contributed by atoms with Crippen molar-refractivity contribution in [2.75, 3.05) is 37.6 Å². The fraction of sp³-hybridized carbons (Fsp3) is 0.524. The van der Waals surface area contributed by atoms with E-state index in [0.717, 1.165) is 37.7 Å². The monoisotopic (exact) mass is 386 g/mol. The third-order valence-corrected chi connectivity index (χ3v) is 5.94. The molecule has 27 heavy (non-hydrogen) atoms. The number of hydrogen-bond acceptors (Lipinski definition) is 5. The van der Waals surface area contributed by atoms with Crippen LogP contribution in [0.15, 0.2) is 23.6 Å². The summed E-state index contributed by atoms with van der Waals surface area (Å²) in [6, 6.07) is 6.54. The minimum atomic E-state index is -0.0639. The molecule has 3 rings (SSSR count). The Bertz CT molecular complexity index is 778. The zero-order chi connectivity index (χ0) is 19.4. The molecular formula is C21H30N4OS. The first-order chi connectivity index (χ1) is 12.9. The normalized spacial score (nSPS) is 15.4. The molecule has 2 heterocycles. The van der Waals surface area contributed by atoms with Crippen LogP contribution in [0.2, 0.25) is 0 Å². The molecule has 1 aromatic heterocycles. The number of thiazole rings is 1. The van der Waals surface area contributed by atoms with Crippen LogP contribution in [0, 0.1) is 19.8 Å². The third kappa shape index (κ3) is 5.08. The van der Waals surface area contributed by atoms with Crippen LogP contribution in [0.5, 0.6) is 0 Å². The average Bonchev–Trinajstić information content (AvgIpc) is 3.11. The van der Waals surface area contributed by atoms with Crippen LogP contribution < -0.4 is 10.2 Å². The Morgan fingerprint density at radius 1 is 1.22 bits per heavy atom. The minimum Gasteiger partial charge on any atom is -0.369 e. The van der Waals surface area contributed by atoms with E-state index in [0.29, 0.717) is 18.2 Å². The first-order valence-electron chi connectivity index (χ1n) is 9.70. The van der Waals surface area contributed by atoms with Gasteiger partial charge in [-0.1, -0.05) is 26.0 Å². The minimum absolute atomic E-state index is 0.0639. The Morgan fingerprint density at radius 2 is 1.96 bits per heavy atom. The number of aromatic nitrogens is 1. The lowest BCUT2D eigenvalue weighted by molar-refractivity contribution is 0.0944. The fourth-order valence-corrected chi connectivity index (χ4v) is 4.11. The molecule has 1 N–H and O–H groups in total. The maximum atomic E-state index is 12.1. The predicted molar refractivity (Wildman–Crippen MR) is 113 cm³/mol. The van der Waals surface area contributed by atoms with Crippen LogP contribution in [0.25, 0.3) is 0 Å². The van der Waals surface area contributed by atoms with Crippen molar-refractivity contribution in [3.8, 4) is 0 Å². The fourth-order valence-electron chi connectivity index (χ4n) is 3.29. The summed E-state index contributed by atoms with van der Waals surface area (Å²) in [7, 11) is 0. The van der Waals surface area contributed by atoms with Gasteiger partial charge in [0.05, 0.1) is 6.54 Å². The smallest absolute Gasteiger partial charge is 0.270 e. The molecule has 1 fully saturated rings. The van der Waals surface area contributed by atoms with Crippen LogP contribution in [-0.4, -0.2) is 48.5 Å². The number of anilines is 1. The van der Waals surface area contributed by atoms with Crippen molar-refractivity contribution < 1.29 is 4.79 Å². The standard InChI is InChI=1S/C21H30N4OS/c1-15(2)12-22-21(26)18-14-27-20(23-18)13-24-8-10-25(11-9-24)19-7-5-6-16(3)17(19)4/h5-7,14-15H,8-13H2,1-4H3,(H,22,26). The van der Waals surface area contributed by atoms with Crippen LogP contribution in [-0.2, 0) is 6.54 Å². The zero-order valence-electron chi connectivity index (χ0n) is 16.8. The molecule has 5 nitrogen and oxygen atoms in total. The van der Waals surface area contributed by atoms with Gasteiger partial charge in [0.15, 0.2) is 0 Å². The van der Waals surface area contributed by atoms with Gasteiger partial charge >= 0.3 is 0 Å². The van der Waals surface area contributed by atoms with Crippen molar-refractivity contribution in [3.63, 3.8) is 0 Å². The Kier molecular flexibility index (Phi) is 6.50. The van der Waals surface area contributed by atoms with E-state index in [-0.39, 0.29) is 5.91 Å². The molecule has 1 amide bonds. The lowest BCUT2D eigenvalue weighted by Crippen LogP contribution is -2.46. The number of hydrogen-bond donors (Lipinski definition) is 1. The van der Waals surface area contributed by atoms with E-state index in [1.165, 1.54) is 16.8 Å². The molecule has 0 saturated carbocycles. The lowest BCUT2D eigenvalue weighted by Gasteiger charge is -2.36. The summed E-state index contributed by atoms with van der Waals surface area (Å²) in [6.07, 6.45) is 0. The van der Waals surface area contributed by atoms with Gasteiger partial charge in [-0.2, -0.15) is 0 Å². The number of carbonyl (C=O) groups is 1. The first kappa shape index (κ1) is 19.8. The van der Waals surface area contributed by atoms with Crippen LogP contribution in [0.3, 0.4) is 0 Å². The highest BCUT2D eigenvalue weighted by atomic mass is 32.1. The number of aryl methyl sites for hydroxylation is 1. The van der Waals surface area contributed by atoms with Gasteiger partial charge in [0, 0.05) is 43.8 Å². The summed E-state index contributed by atoms with van der Waals surface area (Å²) < 4.78 is 0. The van der Waals surface area contributed by atoms with E-state index in [4.69, 9.17) is 0 Å². The second-order valence-corrected chi connectivity index (χ2v) is 8.66. The molecule has 1 saturated heterocycles. The highest BCUT2D eigenvalue weighted by molar-refractivity contribution is 7.09. The summed E-state index contributed by atoms with van der Waals surface area (Å²) in [5.41, 5.74) is 4.63. The third-order valence-electron chi connectivity index (χ3n) is 5.10. The predicted octanol–water partition coefficient (Wildman–Crippen LogP) is 3.47. The number of benzene rings is 1. The zero-order valence-corrected chi connectivity index (χ0v) is 17.6. The van der Waals surface area contributed by atoms with Crippen molar-refractivity contribution in [1.82, 2.24) is 15.2 Å². The van der Waals surface area contributed by atoms with E-state index in [1.807, 2.05) is 5.38 Å². The molecule has 1 aliphatic rings. The van der Waals surface area contributed by atoms with E-state index >= 15 is 0 Å². The maximum absolute atomic E-state index is 12.1. The Balaban J connectivity index is 1.52. The lowest BCUT2D eigenvalue weighted by atomic mass is 10.1. The Morgan fingerprint density at radius 3 is 2.67 bits per heavy atom. The van der Waals surface area contributed by atoms with Gasteiger partial charge in [-0.25, -0.2) is 4.98 Å². The summed E-state index contributed by atoms with van der Waals surface area (Å²) in [5.74, 6) is 0.381. The molecular weight excluding hydrogens is 356 g/mol. The van der Waals surface area contributed by atoms with Gasteiger partial charge < -0.3 is 10.2 Å². The molecule has 6 heteroatoms. The van der Waals surface area contributed by atoms with Crippen molar-refractivity contribution in [1.29, 1.82) is 0 Å². The molecule has 146 valence electrons. The second kappa shape index (κ2) is 8.85. The number of amides is 1. The van der Waals surface area contributed by atoms with Crippen molar-refractivity contribution in [3.05, 3.63) is 45.4 Å². The van der Waals surface area contributed by atoms with Gasteiger partial charge in [-0.3, -0.25) is 9.69 Å². The highest BCUT2D eigenvalue weighted by Crippen LogP contribution is 2.24. The molecule has 0 spiro atoms. The van der Waals surface area contributed by atoms with Crippen molar-refractivity contribution in [2.45, 2.75) is 34.2 Å². The van der Waals surface area contributed by atoms with Gasteiger partial charge in [0.25, 0.3) is 5.91 Å². The summed E-state index contributed by atoms with van der Waals surface area (Å²) in [6.45, 7) is 14.1. The molecule has 0 radical (unpaired) electrons. The molecule has 1 aliphatic heterocycles. The summed E-state index contributed by atoms with van der Waals surface area (Å²) in [4.78, 5) is 21.6. The highest BCUT2D eigenvalue weighted by Gasteiger charge is 2.20. The first-order valence-corrected chi connectivity index (χ1v) is 10.6. The number of nitrogens with zero attached hydrogens (tertiary/aromatic N) is 3. The van der Waals surface area contributed by atoms with Crippen molar-refractivity contribution >= 4 is 22.9 Å². The van der Waals surface area contributed by atoms with Gasteiger partial charge in [0.2, 0.25) is 0 Å². The van der Waals surface area contributed by atoms with Crippen LogP contribution in [0.4, 0.5) is 5.69 Å². The SMILES string of the molecule is Cc1cccc(N2CCN(Cc3nc(C(=O)NCC(C)C)cs3)CC2)c1C. The number of carbonyl (C=O) groups excluding carboxylic acids is 1. The quantitative estimate of drug-likeness (QED) is 0.826. The number of rotatable bonds is 6. The van der Waals surface area contributed by atoms with Gasteiger partial charge in [0.1, 0.15) is 10.7 Å². The molecule has 0 bridgehead atoms.